The topological polar surface area (TPSA) is 46.5 Å². The fourth-order valence-electron chi connectivity index (χ4n) is 15.5. The SMILES string of the molecule is Brc1ccc2ccccc2c1-c1ccccc1.C1CCOC1.Clc1ccc2c(c1)C1(c3ccccc3-2)c2ccccc2-c2c1ccc1ccccc21.O=C1c2ccccc2-c2ccc(Cl)cc21.OC1(c2ccc3ccccc3c2-c2ccccc2)c2ccccc2-c2ccc(Cl)cc21.[CH2-]CCC.[Li+]. The van der Waals surface area contributed by atoms with Crippen molar-refractivity contribution in [3.05, 3.63) is 398 Å². The Morgan fingerprint density at radius 2 is 0.757 bits per heavy atom. The number of hydrogen-bond donors (Lipinski definition) is 1. The van der Waals surface area contributed by atoms with Crippen LogP contribution >= 0.6 is 50.7 Å². The van der Waals surface area contributed by atoms with Crippen LogP contribution in [0.1, 0.15) is 87.5 Å². The number of halogens is 4. The predicted molar refractivity (Wildman–Crippen MR) is 431 cm³/mol. The van der Waals surface area contributed by atoms with E-state index in [1.807, 2.05) is 109 Å². The van der Waals surface area contributed by atoms with E-state index in [0.717, 1.165) is 95.5 Å². The number of benzene rings is 15. The molecule has 1 aliphatic heterocycles. The van der Waals surface area contributed by atoms with E-state index in [1.54, 1.807) is 6.07 Å². The van der Waals surface area contributed by atoms with Gasteiger partial charge in [0.1, 0.15) is 5.60 Å². The van der Waals surface area contributed by atoms with E-state index in [4.69, 9.17) is 39.5 Å². The van der Waals surface area contributed by atoms with E-state index in [0.29, 0.717) is 15.6 Å². The largest absolute Gasteiger partial charge is 1.00 e. The Hall–Kier alpha value is -9.38. The molecule has 498 valence electrons. The second kappa shape index (κ2) is 30.9. The molecule has 103 heavy (non-hydrogen) atoms. The molecular formula is C95H71BrCl3LiO3. The van der Waals surface area contributed by atoms with E-state index < -0.39 is 5.60 Å². The molecular weight excluding hydrogens is 1380 g/mol. The van der Waals surface area contributed by atoms with Crippen LogP contribution in [0.15, 0.2) is 326 Å². The summed E-state index contributed by atoms with van der Waals surface area (Å²) in [4.78, 5) is 12.0. The molecule has 15 aromatic carbocycles. The number of rotatable bonds is 4. The van der Waals surface area contributed by atoms with Crippen molar-refractivity contribution in [2.75, 3.05) is 13.2 Å². The summed E-state index contributed by atoms with van der Waals surface area (Å²) in [6.45, 7) is 7.72. The number of unbranched alkanes of at least 4 members (excludes halogenated alkanes) is 1. The standard InChI is InChI=1S/C29H19ClO.C29H17Cl.C16H11Br.C13H7ClO.C4H8O.C4H9.Li/c30-21-15-16-24-23-12-6-7-13-25(23)29(31,27(24)18-21)26-17-14-19-8-4-5-11-22(19)28(26)20-9-2-1-3-10-20;30-19-14-15-22-21-9-3-5-11-24(21)29(27(22)17-19)25-12-6-4-10-23(25)28-20-8-2-1-7-18(20)13-16-26(28)29;17-15-11-10-12-6-4-5-9-14(12)16(15)13-7-2-1-3-8-13;14-8-5-6-10-9-3-1-2-4-11(9)13(15)12(10)7-8;1-2-4-5-3-1;1-3-4-2;/h1-18,31H;1-17H;1-11H;1-7H;1-4H2;1,3-4H2,2H3;/q;;;;;-1;+1. The zero-order valence-corrected chi connectivity index (χ0v) is 61.2. The maximum absolute atomic E-state index is 12.5. The van der Waals surface area contributed by atoms with Crippen LogP contribution < -0.4 is 18.9 Å². The predicted octanol–water partition coefficient (Wildman–Crippen LogP) is 23.5. The number of ketones is 1. The molecule has 0 radical (unpaired) electrons. The third-order valence-corrected chi connectivity index (χ3v) is 21.5. The third-order valence-electron chi connectivity index (χ3n) is 20.1. The Morgan fingerprint density at radius 1 is 0.369 bits per heavy atom. The summed E-state index contributed by atoms with van der Waals surface area (Å²) >= 11 is 22.5. The van der Waals surface area contributed by atoms with Crippen molar-refractivity contribution in [2.24, 2.45) is 0 Å². The number of aliphatic hydroxyl groups is 1. The van der Waals surface area contributed by atoms with Gasteiger partial charge in [0.05, 0.1) is 5.41 Å². The van der Waals surface area contributed by atoms with Crippen LogP contribution in [-0.2, 0) is 15.8 Å². The summed E-state index contributed by atoms with van der Waals surface area (Å²) in [6, 6.07) is 110. The molecule has 1 spiro atoms. The number of carbonyl (C=O) groups is 1. The van der Waals surface area contributed by atoms with E-state index >= 15 is 0 Å². The van der Waals surface area contributed by atoms with Gasteiger partial charge in [-0.3, -0.25) is 4.79 Å². The summed E-state index contributed by atoms with van der Waals surface area (Å²) in [7, 11) is 0. The summed E-state index contributed by atoms with van der Waals surface area (Å²) in [6.07, 6.45) is 4.83. The molecule has 8 heteroatoms. The molecule has 2 atom stereocenters. The average Bonchev–Trinajstić information content (AvgIpc) is 1.51. The first-order valence-electron chi connectivity index (χ1n) is 34.8. The van der Waals surface area contributed by atoms with Crippen LogP contribution in [-0.4, -0.2) is 24.1 Å². The van der Waals surface area contributed by atoms with E-state index in [9.17, 15) is 9.90 Å². The molecule has 0 aromatic heterocycles. The molecule has 1 fully saturated rings. The number of ether oxygens (including phenoxy) is 1. The molecule has 3 nitrogen and oxygen atoms in total. The second-order valence-corrected chi connectivity index (χ2v) is 28.2. The minimum atomic E-state index is -1.30. The zero-order chi connectivity index (χ0) is 69.9. The Kier molecular flexibility index (Phi) is 21.2. The Morgan fingerprint density at radius 3 is 1.32 bits per heavy atom. The van der Waals surface area contributed by atoms with Crippen LogP contribution in [0.5, 0.6) is 0 Å². The first kappa shape index (κ1) is 70.6. The molecule has 2 unspecified atom stereocenters. The minimum absolute atomic E-state index is 0. The summed E-state index contributed by atoms with van der Waals surface area (Å²) in [5, 5.41) is 22.0. The van der Waals surface area contributed by atoms with Crippen molar-refractivity contribution >= 4 is 88.8 Å². The van der Waals surface area contributed by atoms with Gasteiger partial charge in [-0.25, -0.2) is 0 Å². The van der Waals surface area contributed by atoms with Crippen molar-refractivity contribution < 1.29 is 33.5 Å². The number of carbonyl (C=O) groups excluding carboxylic acids is 1. The van der Waals surface area contributed by atoms with Gasteiger partial charge in [0, 0.05) is 66.1 Å². The Bertz CT molecular complexity index is 5650. The fourth-order valence-corrected chi connectivity index (χ4v) is 16.6. The van der Waals surface area contributed by atoms with E-state index in [-0.39, 0.29) is 30.1 Å². The van der Waals surface area contributed by atoms with Crippen LogP contribution in [0, 0.1) is 6.92 Å². The smallest absolute Gasteiger partial charge is 0.381 e. The molecule has 15 aromatic rings. The van der Waals surface area contributed by atoms with E-state index in [1.165, 1.54) is 96.4 Å². The normalized spacial score (nSPS) is 15.2. The van der Waals surface area contributed by atoms with Crippen molar-refractivity contribution in [3.8, 4) is 66.8 Å². The summed E-state index contributed by atoms with van der Waals surface area (Å²) < 4.78 is 6.09. The van der Waals surface area contributed by atoms with Gasteiger partial charge in [-0.1, -0.05) is 343 Å². The van der Waals surface area contributed by atoms with Gasteiger partial charge in [-0.2, -0.15) is 6.42 Å². The van der Waals surface area contributed by atoms with Gasteiger partial charge in [0.15, 0.2) is 5.78 Å². The van der Waals surface area contributed by atoms with Crippen molar-refractivity contribution in [2.45, 2.75) is 43.6 Å². The molecule has 0 amide bonds. The third kappa shape index (κ3) is 13.0. The summed E-state index contributed by atoms with van der Waals surface area (Å²) in [5.41, 5.74) is 21.8. The average molecular weight is 1450 g/mol. The first-order valence-corrected chi connectivity index (χ1v) is 36.7. The van der Waals surface area contributed by atoms with Crippen molar-refractivity contribution in [3.63, 3.8) is 0 Å². The first-order chi connectivity index (χ1) is 50.0. The second-order valence-electron chi connectivity index (χ2n) is 26.0. The van der Waals surface area contributed by atoms with Crippen LogP contribution in [0.3, 0.4) is 0 Å². The van der Waals surface area contributed by atoms with Gasteiger partial charge < -0.3 is 16.8 Å². The van der Waals surface area contributed by atoms with Gasteiger partial charge in [0.2, 0.25) is 0 Å². The molecule has 0 bridgehead atoms. The van der Waals surface area contributed by atoms with Gasteiger partial charge in [-0.15, -0.1) is 0 Å². The van der Waals surface area contributed by atoms with Gasteiger partial charge >= 0.3 is 18.9 Å². The Labute approximate surface area is 638 Å². The molecule has 1 heterocycles. The Balaban J connectivity index is 0.000000115. The van der Waals surface area contributed by atoms with Crippen molar-refractivity contribution in [1.29, 1.82) is 0 Å². The van der Waals surface area contributed by atoms with Gasteiger partial charge in [0.25, 0.3) is 0 Å². The zero-order valence-electron chi connectivity index (χ0n) is 57.3. The fraction of sp³-hybridized carbons (Fsp3) is 0.0947. The molecule has 0 saturated carbocycles. The maximum atomic E-state index is 12.5. The molecule has 20 rings (SSSR count). The van der Waals surface area contributed by atoms with Crippen LogP contribution in [0.4, 0.5) is 0 Å². The molecule has 1 N–H and O–H groups in total. The monoisotopic (exact) mass is 1450 g/mol. The molecule has 1 saturated heterocycles. The maximum Gasteiger partial charge on any atom is 1.00 e. The molecule has 5 aliphatic rings. The quantitative estimate of drug-likeness (QED) is 0.141. The van der Waals surface area contributed by atoms with Gasteiger partial charge in [-0.05, 0) is 171 Å². The van der Waals surface area contributed by atoms with Crippen LogP contribution in [0.25, 0.3) is 99.1 Å². The van der Waals surface area contributed by atoms with Crippen LogP contribution in [0.2, 0.25) is 15.1 Å². The summed E-state index contributed by atoms with van der Waals surface area (Å²) in [5.74, 6) is 0.0723. The van der Waals surface area contributed by atoms with E-state index in [2.05, 4.69) is 236 Å². The number of hydrogen-bond acceptors (Lipinski definition) is 3. The number of fused-ring (bicyclic) bond motifs is 20. The molecule has 4 aliphatic carbocycles. The minimum Gasteiger partial charge on any atom is -0.381 e. The van der Waals surface area contributed by atoms with Crippen molar-refractivity contribution in [1.82, 2.24) is 0 Å².